The molecule has 1 aromatic carbocycles. The smallest absolute Gasteiger partial charge is 0.137 e. The summed E-state index contributed by atoms with van der Waals surface area (Å²) in [4.78, 5) is 0. The maximum Gasteiger partial charge on any atom is 0.137 e. The van der Waals surface area contributed by atoms with E-state index >= 15 is 0 Å². The average Bonchev–Trinajstić information content (AvgIpc) is 2.97. The van der Waals surface area contributed by atoms with Gasteiger partial charge in [-0.05, 0) is 38.7 Å². The minimum absolute atomic E-state index is 1.02. The van der Waals surface area contributed by atoms with Gasteiger partial charge in [0.25, 0.3) is 0 Å². The number of hydrogen-bond acceptors (Lipinski definition) is 2. The Labute approximate surface area is 108 Å². The van der Waals surface area contributed by atoms with Gasteiger partial charge < -0.3 is 4.52 Å². The number of rotatable bonds is 1. The van der Waals surface area contributed by atoms with Gasteiger partial charge in [0.1, 0.15) is 5.76 Å². The van der Waals surface area contributed by atoms with E-state index in [2.05, 4.69) is 42.9 Å². The van der Waals surface area contributed by atoms with Crippen LogP contribution < -0.4 is 0 Å². The van der Waals surface area contributed by atoms with Crippen LogP contribution in [-0.2, 0) is 12.8 Å². The second-order valence-corrected chi connectivity index (χ2v) is 4.63. The van der Waals surface area contributed by atoms with E-state index in [9.17, 15) is 0 Å². The van der Waals surface area contributed by atoms with Crippen LogP contribution in [0.3, 0.4) is 0 Å². The van der Waals surface area contributed by atoms with Crippen molar-refractivity contribution in [3.05, 3.63) is 59.0 Å². The van der Waals surface area contributed by atoms with Gasteiger partial charge in [0.05, 0.1) is 5.69 Å². The summed E-state index contributed by atoms with van der Waals surface area (Å²) in [6.45, 7) is 7.72. The quantitative estimate of drug-likeness (QED) is 0.751. The van der Waals surface area contributed by atoms with Crippen molar-refractivity contribution in [2.24, 2.45) is 0 Å². The molecule has 0 unspecified atom stereocenters. The molecule has 0 bridgehead atoms. The summed E-state index contributed by atoms with van der Waals surface area (Å²) in [5.41, 5.74) is 5.02. The summed E-state index contributed by atoms with van der Waals surface area (Å²) in [6, 6.07) is 8.28. The Kier molecular flexibility index (Phi) is 3.98. The van der Waals surface area contributed by atoms with Crippen LogP contribution in [0.15, 0.2) is 35.4 Å². The molecule has 1 heterocycles. The van der Waals surface area contributed by atoms with E-state index < -0.39 is 0 Å². The van der Waals surface area contributed by atoms with E-state index in [0.717, 1.165) is 12.2 Å². The van der Waals surface area contributed by atoms with Gasteiger partial charge in [0, 0.05) is 5.56 Å². The molecule has 0 N–H and O–H groups in total. The number of aromatic nitrogens is 1. The Morgan fingerprint density at radius 3 is 2.50 bits per heavy atom. The molecular formula is C16H19NO. The minimum atomic E-state index is 1.02. The highest BCUT2D eigenvalue weighted by molar-refractivity contribution is 5.46. The Bertz CT molecular complexity index is 523. The molecule has 0 saturated carbocycles. The molecule has 3 rings (SSSR count). The highest BCUT2D eigenvalue weighted by Crippen LogP contribution is 2.23. The highest BCUT2D eigenvalue weighted by Gasteiger charge is 2.17. The number of benzene rings is 1. The molecule has 0 radical (unpaired) electrons. The molecule has 1 aliphatic rings. The van der Waals surface area contributed by atoms with E-state index in [1.54, 1.807) is 0 Å². The van der Waals surface area contributed by atoms with Crippen LogP contribution in [0.5, 0.6) is 0 Å². The SMILES string of the molecule is C=Cc1ccc(C)cc1.Cc1onc2c1CCC2. The van der Waals surface area contributed by atoms with Crippen molar-refractivity contribution in [2.75, 3.05) is 0 Å². The third kappa shape index (κ3) is 2.89. The zero-order chi connectivity index (χ0) is 13.0. The van der Waals surface area contributed by atoms with Gasteiger partial charge in [0.2, 0.25) is 0 Å². The minimum Gasteiger partial charge on any atom is -0.361 e. The third-order valence-electron chi connectivity index (χ3n) is 3.22. The van der Waals surface area contributed by atoms with Crippen molar-refractivity contribution in [1.82, 2.24) is 5.16 Å². The predicted molar refractivity (Wildman–Crippen MR) is 74.5 cm³/mol. The molecule has 0 amide bonds. The first-order valence-corrected chi connectivity index (χ1v) is 6.34. The van der Waals surface area contributed by atoms with Crippen LogP contribution in [0.25, 0.3) is 6.08 Å². The molecule has 0 fully saturated rings. The molecule has 2 nitrogen and oxygen atoms in total. The van der Waals surface area contributed by atoms with Crippen LogP contribution in [0, 0.1) is 13.8 Å². The lowest BCUT2D eigenvalue weighted by Crippen LogP contribution is -1.75. The largest absolute Gasteiger partial charge is 0.361 e. The van der Waals surface area contributed by atoms with Gasteiger partial charge in [-0.2, -0.15) is 0 Å². The number of aryl methyl sites for hydroxylation is 3. The van der Waals surface area contributed by atoms with Crippen molar-refractivity contribution in [2.45, 2.75) is 33.1 Å². The molecule has 2 aromatic rings. The topological polar surface area (TPSA) is 26.0 Å². The van der Waals surface area contributed by atoms with Crippen LogP contribution in [0.2, 0.25) is 0 Å². The second-order valence-electron chi connectivity index (χ2n) is 4.63. The van der Waals surface area contributed by atoms with Gasteiger partial charge in [-0.25, -0.2) is 0 Å². The van der Waals surface area contributed by atoms with Crippen molar-refractivity contribution < 1.29 is 4.52 Å². The standard InChI is InChI=1S/C9H10.C7H9NO/c1-3-9-6-4-8(2)5-7-9;1-5-6-3-2-4-7(6)8-9-5/h3-7H,1H2,2H3;2-4H2,1H3. The Hall–Kier alpha value is -1.83. The average molecular weight is 241 g/mol. The Morgan fingerprint density at radius 2 is 1.89 bits per heavy atom. The molecule has 2 heteroatoms. The van der Waals surface area contributed by atoms with E-state index in [1.807, 2.05) is 13.0 Å². The fourth-order valence-electron chi connectivity index (χ4n) is 2.09. The predicted octanol–water partition coefficient (Wildman–Crippen LogP) is 4.11. The lowest BCUT2D eigenvalue weighted by atomic mass is 10.2. The zero-order valence-electron chi connectivity index (χ0n) is 11.1. The fourth-order valence-corrected chi connectivity index (χ4v) is 2.09. The van der Waals surface area contributed by atoms with Crippen molar-refractivity contribution in [3.63, 3.8) is 0 Å². The van der Waals surface area contributed by atoms with Crippen molar-refractivity contribution in [1.29, 1.82) is 0 Å². The monoisotopic (exact) mass is 241 g/mol. The molecule has 0 atom stereocenters. The van der Waals surface area contributed by atoms with Crippen molar-refractivity contribution in [3.8, 4) is 0 Å². The molecular weight excluding hydrogens is 222 g/mol. The highest BCUT2D eigenvalue weighted by atomic mass is 16.5. The van der Waals surface area contributed by atoms with Crippen LogP contribution in [-0.4, -0.2) is 5.16 Å². The maximum absolute atomic E-state index is 4.99. The van der Waals surface area contributed by atoms with Gasteiger partial charge in [0.15, 0.2) is 0 Å². The molecule has 18 heavy (non-hydrogen) atoms. The number of fused-ring (bicyclic) bond motifs is 1. The molecule has 0 aliphatic heterocycles. The molecule has 94 valence electrons. The van der Waals surface area contributed by atoms with Crippen molar-refractivity contribution >= 4 is 6.08 Å². The summed E-state index contributed by atoms with van der Waals surface area (Å²) < 4.78 is 4.99. The Balaban J connectivity index is 0.000000134. The second kappa shape index (κ2) is 5.67. The fraction of sp³-hybridized carbons (Fsp3) is 0.312. The first kappa shape index (κ1) is 12.6. The first-order chi connectivity index (χ1) is 8.70. The summed E-state index contributed by atoms with van der Waals surface area (Å²) in [6.07, 6.45) is 5.39. The van der Waals surface area contributed by atoms with E-state index in [1.165, 1.54) is 35.2 Å². The third-order valence-corrected chi connectivity index (χ3v) is 3.22. The summed E-state index contributed by atoms with van der Waals surface area (Å²) in [5, 5.41) is 3.92. The Morgan fingerprint density at radius 1 is 1.17 bits per heavy atom. The zero-order valence-corrected chi connectivity index (χ0v) is 11.1. The first-order valence-electron chi connectivity index (χ1n) is 6.34. The molecule has 0 spiro atoms. The lowest BCUT2D eigenvalue weighted by Gasteiger charge is -1.91. The lowest BCUT2D eigenvalue weighted by molar-refractivity contribution is 0.386. The normalized spacial score (nSPS) is 12.6. The molecule has 0 saturated heterocycles. The van der Waals surface area contributed by atoms with Crippen LogP contribution in [0.1, 0.15) is 34.6 Å². The molecule has 1 aromatic heterocycles. The molecule has 1 aliphatic carbocycles. The van der Waals surface area contributed by atoms with E-state index in [0.29, 0.717) is 0 Å². The summed E-state index contributed by atoms with van der Waals surface area (Å²) >= 11 is 0. The number of hydrogen-bond donors (Lipinski definition) is 0. The summed E-state index contributed by atoms with van der Waals surface area (Å²) in [7, 11) is 0. The maximum atomic E-state index is 4.99. The van der Waals surface area contributed by atoms with E-state index in [4.69, 9.17) is 4.52 Å². The van der Waals surface area contributed by atoms with Gasteiger partial charge in [-0.1, -0.05) is 47.6 Å². The van der Waals surface area contributed by atoms with Crippen LogP contribution in [0.4, 0.5) is 0 Å². The van der Waals surface area contributed by atoms with Gasteiger partial charge in [-0.15, -0.1) is 0 Å². The van der Waals surface area contributed by atoms with Crippen LogP contribution >= 0.6 is 0 Å². The number of nitrogens with zero attached hydrogens (tertiary/aromatic N) is 1. The summed E-state index contributed by atoms with van der Waals surface area (Å²) in [5.74, 6) is 1.02. The van der Waals surface area contributed by atoms with Gasteiger partial charge >= 0.3 is 0 Å². The van der Waals surface area contributed by atoms with E-state index in [-0.39, 0.29) is 0 Å². The van der Waals surface area contributed by atoms with Gasteiger partial charge in [-0.3, -0.25) is 0 Å².